The van der Waals surface area contributed by atoms with Crippen molar-refractivity contribution in [2.75, 3.05) is 5.32 Å². The number of aromatic nitrogens is 3. The zero-order valence-electron chi connectivity index (χ0n) is 15.2. The molecule has 0 fully saturated rings. The molecule has 3 rings (SSSR count). The van der Waals surface area contributed by atoms with Gasteiger partial charge in [-0.15, -0.1) is 0 Å². The maximum atomic E-state index is 14.3. The second-order valence-electron chi connectivity index (χ2n) is 6.25. The molecule has 0 radical (unpaired) electrons. The zero-order chi connectivity index (χ0) is 21.3. The SMILES string of the molecule is Cc1ccc(-n2nc(C(=O)Nc3ccnc(C(F)(F)F)c3)c(=O)cc2C)c(F)c1. The summed E-state index contributed by atoms with van der Waals surface area (Å²) in [5.74, 6) is -1.64. The maximum absolute atomic E-state index is 14.3. The first-order valence-electron chi connectivity index (χ1n) is 8.28. The van der Waals surface area contributed by atoms with Crippen LogP contribution in [0, 0.1) is 19.7 Å². The summed E-state index contributed by atoms with van der Waals surface area (Å²) in [5.41, 5.74) is -1.81. The first-order chi connectivity index (χ1) is 13.6. The number of benzene rings is 1. The molecule has 0 spiro atoms. The molecule has 10 heteroatoms. The Bertz CT molecular complexity index is 1160. The highest BCUT2D eigenvalue weighted by molar-refractivity contribution is 6.02. The normalized spacial score (nSPS) is 11.4. The van der Waals surface area contributed by atoms with Crippen LogP contribution in [0.1, 0.15) is 27.4 Å². The molecule has 3 aromatic rings. The lowest BCUT2D eigenvalue weighted by Gasteiger charge is -2.13. The number of carbonyl (C=O) groups excluding carboxylic acids is 1. The molecule has 150 valence electrons. The fraction of sp³-hybridized carbons (Fsp3) is 0.158. The van der Waals surface area contributed by atoms with Crippen LogP contribution in [0.2, 0.25) is 0 Å². The number of hydrogen-bond donors (Lipinski definition) is 1. The number of nitrogens with one attached hydrogen (secondary N) is 1. The van der Waals surface area contributed by atoms with Crippen LogP contribution in [0.4, 0.5) is 23.2 Å². The number of halogens is 4. The summed E-state index contributed by atoms with van der Waals surface area (Å²) >= 11 is 0. The molecule has 0 aliphatic carbocycles. The molecule has 0 aliphatic rings. The Labute approximate surface area is 161 Å². The van der Waals surface area contributed by atoms with Crippen molar-refractivity contribution < 1.29 is 22.4 Å². The number of alkyl halides is 3. The molecule has 0 saturated heterocycles. The highest BCUT2D eigenvalue weighted by Gasteiger charge is 2.32. The number of aryl methyl sites for hydroxylation is 2. The van der Waals surface area contributed by atoms with E-state index in [1.165, 1.54) is 19.1 Å². The van der Waals surface area contributed by atoms with Crippen LogP contribution >= 0.6 is 0 Å². The Hall–Kier alpha value is -3.56. The molecule has 0 unspecified atom stereocenters. The second kappa shape index (κ2) is 7.46. The molecule has 2 heterocycles. The van der Waals surface area contributed by atoms with Gasteiger partial charge in [-0.05, 0) is 43.7 Å². The summed E-state index contributed by atoms with van der Waals surface area (Å²) in [6, 6.07) is 7.20. The summed E-state index contributed by atoms with van der Waals surface area (Å²) in [6.45, 7) is 3.20. The Kier molecular flexibility index (Phi) is 5.19. The van der Waals surface area contributed by atoms with E-state index in [0.29, 0.717) is 11.6 Å². The van der Waals surface area contributed by atoms with Crippen molar-refractivity contribution in [3.05, 3.63) is 81.3 Å². The Morgan fingerprint density at radius 2 is 1.83 bits per heavy atom. The lowest BCUT2D eigenvalue weighted by molar-refractivity contribution is -0.141. The van der Waals surface area contributed by atoms with Crippen molar-refractivity contribution in [1.29, 1.82) is 0 Å². The minimum Gasteiger partial charge on any atom is -0.320 e. The van der Waals surface area contributed by atoms with Gasteiger partial charge in [0.2, 0.25) is 5.43 Å². The molecular formula is C19H14F4N4O2. The van der Waals surface area contributed by atoms with E-state index in [0.717, 1.165) is 23.0 Å². The van der Waals surface area contributed by atoms with E-state index < -0.39 is 34.7 Å². The van der Waals surface area contributed by atoms with Crippen LogP contribution in [0.3, 0.4) is 0 Å². The zero-order valence-corrected chi connectivity index (χ0v) is 15.2. The summed E-state index contributed by atoms with van der Waals surface area (Å²) < 4.78 is 53.7. The van der Waals surface area contributed by atoms with Gasteiger partial charge in [0, 0.05) is 23.6 Å². The molecule has 1 aromatic carbocycles. The third-order valence-corrected chi connectivity index (χ3v) is 3.96. The molecule has 1 N–H and O–H groups in total. The number of pyridine rings is 1. The Morgan fingerprint density at radius 3 is 2.48 bits per heavy atom. The minimum atomic E-state index is -4.70. The molecule has 0 saturated carbocycles. The van der Waals surface area contributed by atoms with Crippen molar-refractivity contribution in [1.82, 2.24) is 14.8 Å². The van der Waals surface area contributed by atoms with E-state index in [2.05, 4.69) is 15.4 Å². The lowest BCUT2D eigenvalue weighted by Crippen LogP contribution is -2.27. The fourth-order valence-electron chi connectivity index (χ4n) is 2.59. The van der Waals surface area contributed by atoms with Gasteiger partial charge in [0.15, 0.2) is 5.69 Å². The van der Waals surface area contributed by atoms with Gasteiger partial charge in [0.1, 0.15) is 17.2 Å². The number of carbonyl (C=O) groups is 1. The van der Waals surface area contributed by atoms with E-state index >= 15 is 0 Å². The third-order valence-electron chi connectivity index (χ3n) is 3.96. The Morgan fingerprint density at radius 1 is 1.10 bits per heavy atom. The predicted molar refractivity (Wildman–Crippen MR) is 96.5 cm³/mol. The van der Waals surface area contributed by atoms with Gasteiger partial charge < -0.3 is 5.32 Å². The van der Waals surface area contributed by atoms with Gasteiger partial charge in [0.25, 0.3) is 5.91 Å². The molecule has 1 amide bonds. The first-order valence-corrected chi connectivity index (χ1v) is 8.28. The highest BCUT2D eigenvalue weighted by atomic mass is 19.4. The Balaban J connectivity index is 1.99. The molecule has 0 bridgehead atoms. The van der Waals surface area contributed by atoms with Crippen molar-refractivity contribution >= 4 is 11.6 Å². The summed E-state index contributed by atoms with van der Waals surface area (Å²) in [7, 11) is 0. The van der Waals surface area contributed by atoms with E-state index in [-0.39, 0.29) is 17.1 Å². The largest absolute Gasteiger partial charge is 0.433 e. The number of rotatable bonds is 3. The number of nitrogens with zero attached hydrogens (tertiary/aromatic N) is 3. The van der Waals surface area contributed by atoms with Crippen LogP contribution in [0.5, 0.6) is 0 Å². The third kappa shape index (κ3) is 4.31. The van der Waals surface area contributed by atoms with Crippen LogP contribution in [0.25, 0.3) is 5.69 Å². The monoisotopic (exact) mass is 406 g/mol. The first kappa shape index (κ1) is 20.2. The van der Waals surface area contributed by atoms with E-state index in [4.69, 9.17) is 0 Å². The van der Waals surface area contributed by atoms with Crippen molar-refractivity contribution in [2.24, 2.45) is 0 Å². The smallest absolute Gasteiger partial charge is 0.320 e. The standard InChI is InChI=1S/C19H14F4N4O2/c1-10-3-4-14(13(20)7-10)27-11(2)8-15(28)17(26-27)18(29)25-12-5-6-24-16(9-12)19(21,22)23/h3-9H,1-2H3,(H,24,25,29). The fourth-order valence-corrected chi connectivity index (χ4v) is 2.59. The van der Waals surface area contributed by atoms with Crippen LogP contribution in [-0.2, 0) is 6.18 Å². The quantitative estimate of drug-likeness (QED) is 0.674. The number of hydrogen-bond acceptors (Lipinski definition) is 4. The van der Waals surface area contributed by atoms with Crippen LogP contribution < -0.4 is 10.7 Å². The van der Waals surface area contributed by atoms with Gasteiger partial charge >= 0.3 is 6.18 Å². The average molecular weight is 406 g/mol. The van der Waals surface area contributed by atoms with Gasteiger partial charge in [0.05, 0.1) is 0 Å². The van der Waals surface area contributed by atoms with Crippen molar-refractivity contribution in [3.8, 4) is 5.69 Å². The van der Waals surface area contributed by atoms with Crippen LogP contribution in [-0.4, -0.2) is 20.7 Å². The minimum absolute atomic E-state index is 0.0189. The molecule has 2 aromatic heterocycles. The van der Waals surface area contributed by atoms with E-state index in [1.54, 1.807) is 13.0 Å². The molecule has 0 atom stereocenters. The van der Waals surface area contributed by atoms with Crippen molar-refractivity contribution in [2.45, 2.75) is 20.0 Å². The van der Waals surface area contributed by atoms with Crippen molar-refractivity contribution in [3.63, 3.8) is 0 Å². The summed E-state index contributed by atoms with van der Waals surface area (Å²) in [5, 5.41) is 6.10. The topological polar surface area (TPSA) is 76.9 Å². The molecular weight excluding hydrogens is 392 g/mol. The van der Waals surface area contributed by atoms with Gasteiger partial charge in [-0.25, -0.2) is 9.07 Å². The highest BCUT2D eigenvalue weighted by Crippen LogP contribution is 2.28. The van der Waals surface area contributed by atoms with E-state index in [9.17, 15) is 27.2 Å². The summed E-state index contributed by atoms with van der Waals surface area (Å²) in [4.78, 5) is 27.8. The number of amides is 1. The van der Waals surface area contributed by atoms with Gasteiger partial charge in [-0.1, -0.05) is 6.07 Å². The molecule has 29 heavy (non-hydrogen) atoms. The van der Waals surface area contributed by atoms with E-state index in [1.807, 2.05) is 0 Å². The molecule has 6 nitrogen and oxygen atoms in total. The van der Waals surface area contributed by atoms with Gasteiger partial charge in [-0.3, -0.25) is 14.6 Å². The van der Waals surface area contributed by atoms with Gasteiger partial charge in [-0.2, -0.15) is 18.3 Å². The predicted octanol–water partition coefficient (Wildman–Crippen LogP) is 3.65. The van der Waals surface area contributed by atoms with Crippen LogP contribution in [0.15, 0.2) is 47.4 Å². The molecule has 0 aliphatic heterocycles. The summed E-state index contributed by atoms with van der Waals surface area (Å²) in [6.07, 6.45) is -3.82. The number of anilines is 1. The lowest BCUT2D eigenvalue weighted by atomic mass is 10.2. The maximum Gasteiger partial charge on any atom is 0.433 e. The second-order valence-corrected chi connectivity index (χ2v) is 6.25. The average Bonchev–Trinajstić information content (AvgIpc) is 2.62.